The molecule has 3 unspecified atom stereocenters. The maximum absolute atomic E-state index is 3.87. The van der Waals surface area contributed by atoms with E-state index in [1.165, 1.54) is 38.5 Å². The maximum Gasteiger partial charge on any atom is -0.0322 e. The number of hydrogen-bond acceptors (Lipinski definition) is 0. The Bertz CT molecular complexity index is 214. The SMILES string of the molecule is C=CCC1CCC(CC=C)C(CC=C)C1. The summed E-state index contributed by atoms with van der Waals surface area (Å²) in [6.45, 7) is 11.6. The van der Waals surface area contributed by atoms with Gasteiger partial charge in [-0.3, -0.25) is 0 Å². The fourth-order valence-electron chi connectivity index (χ4n) is 2.90. The van der Waals surface area contributed by atoms with E-state index in [2.05, 4.69) is 38.0 Å². The molecule has 1 rings (SSSR count). The molecular weight excluding hydrogens is 180 g/mol. The number of hydrogen-bond donors (Lipinski definition) is 0. The van der Waals surface area contributed by atoms with Crippen LogP contribution in [0.1, 0.15) is 38.5 Å². The molecule has 0 aromatic rings. The molecule has 1 fully saturated rings. The second-order valence-electron chi connectivity index (χ2n) is 4.77. The predicted octanol–water partition coefficient (Wildman–Crippen LogP) is 4.75. The highest BCUT2D eigenvalue weighted by Crippen LogP contribution is 2.39. The topological polar surface area (TPSA) is 0 Å². The molecule has 1 aliphatic carbocycles. The van der Waals surface area contributed by atoms with Crippen LogP contribution in [0.2, 0.25) is 0 Å². The molecule has 0 heteroatoms. The van der Waals surface area contributed by atoms with Gasteiger partial charge in [-0.1, -0.05) is 18.2 Å². The molecule has 3 atom stereocenters. The third kappa shape index (κ3) is 3.70. The van der Waals surface area contributed by atoms with E-state index in [4.69, 9.17) is 0 Å². The zero-order chi connectivity index (χ0) is 11.1. The molecule has 0 saturated heterocycles. The normalized spacial score (nSPS) is 30.8. The van der Waals surface area contributed by atoms with Gasteiger partial charge in [0.05, 0.1) is 0 Å². The molecule has 84 valence electrons. The molecular formula is C15H24. The average molecular weight is 204 g/mol. The molecule has 0 spiro atoms. The molecule has 0 bridgehead atoms. The van der Waals surface area contributed by atoms with Crippen molar-refractivity contribution in [3.8, 4) is 0 Å². The fourth-order valence-corrected chi connectivity index (χ4v) is 2.90. The van der Waals surface area contributed by atoms with E-state index >= 15 is 0 Å². The van der Waals surface area contributed by atoms with Crippen LogP contribution in [0.4, 0.5) is 0 Å². The lowest BCUT2D eigenvalue weighted by atomic mass is 9.70. The summed E-state index contributed by atoms with van der Waals surface area (Å²) in [4.78, 5) is 0. The fraction of sp³-hybridized carbons (Fsp3) is 0.600. The first kappa shape index (κ1) is 12.3. The van der Waals surface area contributed by atoms with Gasteiger partial charge in [0.2, 0.25) is 0 Å². The summed E-state index contributed by atoms with van der Waals surface area (Å²) in [5.41, 5.74) is 0. The van der Waals surface area contributed by atoms with Gasteiger partial charge in [-0.2, -0.15) is 0 Å². The Morgan fingerprint density at radius 2 is 1.40 bits per heavy atom. The van der Waals surface area contributed by atoms with Crippen molar-refractivity contribution in [1.82, 2.24) is 0 Å². The first-order valence-electron chi connectivity index (χ1n) is 6.14. The van der Waals surface area contributed by atoms with E-state index in [0.717, 1.165) is 17.8 Å². The molecule has 0 aromatic heterocycles. The van der Waals surface area contributed by atoms with E-state index < -0.39 is 0 Å². The van der Waals surface area contributed by atoms with Crippen LogP contribution >= 0.6 is 0 Å². The van der Waals surface area contributed by atoms with Crippen LogP contribution in [0.25, 0.3) is 0 Å². The summed E-state index contributed by atoms with van der Waals surface area (Å²) >= 11 is 0. The third-order valence-corrected chi connectivity index (χ3v) is 3.69. The minimum atomic E-state index is 0.833. The van der Waals surface area contributed by atoms with Gasteiger partial charge < -0.3 is 0 Å². The summed E-state index contributed by atoms with van der Waals surface area (Å²) in [7, 11) is 0. The quantitative estimate of drug-likeness (QED) is 0.548. The van der Waals surface area contributed by atoms with Gasteiger partial charge in [-0.15, -0.1) is 19.7 Å². The van der Waals surface area contributed by atoms with Crippen molar-refractivity contribution in [3.05, 3.63) is 38.0 Å². The second kappa shape index (κ2) is 6.66. The largest absolute Gasteiger partial charge is 0.103 e. The molecule has 0 aliphatic heterocycles. The van der Waals surface area contributed by atoms with Crippen LogP contribution in [0.3, 0.4) is 0 Å². The van der Waals surface area contributed by atoms with E-state index in [0.29, 0.717) is 0 Å². The minimum Gasteiger partial charge on any atom is -0.103 e. The molecule has 0 heterocycles. The van der Waals surface area contributed by atoms with Gasteiger partial charge in [-0.05, 0) is 56.3 Å². The summed E-state index contributed by atoms with van der Waals surface area (Å²) in [6, 6.07) is 0. The van der Waals surface area contributed by atoms with Gasteiger partial charge in [0, 0.05) is 0 Å². The zero-order valence-electron chi connectivity index (χ0n) is 9.83. The highest BCUT2D eigenvalue weighted by atomic mass is 14.3. The Morgan fingerprint density at radius 1 is 0.800 bits per heavy atom. The van der Waals surface area contributed by atoms with Crippen molar-refractivity contribution in [2.24, 2.45) is 17.8 Å². The molecule has 0 amide bonds. The summed E-state index contributed by atoms with van der Waals surface area (Å²) in [6.07, 6.45) is 13.9. The van der Waals surface area contributed by atoms with Crippen LogP contribution < -0.4 is 0 Å². The Morgan fingerprint density at radius 3 is 2.00 bits per heavy atom. The predicted molar refractivity (Wildman–Crippen MR) is 68.8 cm³/mol. The Balaban J connectivity index is 2.51. The monoisotopic (exact) mass is 204 g/mol. The van der Waals surface area contributed by atoms with Crippen molar-refractivity contribution in [2.45, 2.75) is 38.5 Å². The summed E-state index contributed by atoms with van der Waals surface area (Å²) < 4.78 is 0. The molecule has 15 heavy (non-hydrogen) atoms. The van der Waals surface area contributed by atoms with Gasteiger partial charge in [0.25, 0.3) is 0 Å². The smallest absolute Gasteiger partial charge is 0.0322 e. The van der Waals surface area contributed by atoms with Crippen LogP contribution in [0, 0.1) is 17.8 Å². The number of allylic oxidation sites excluding steroid dienone is 3. The lowest BCUT2D eigenvalue weighted by Gasteiger charge is -2.35. The highest BCUT2D eigenvalue weighted by molar-refractivity contribution is 4.89. The maximum atomic E-state index is 3.87. The Kier molecular flexibility index (Phi) is 5.45. The van der Waals surface area contributed by atoms with Crippen LogP contribution in [0.15, 0.2) is 38.0 Å². The second-order valence-corrected chi connectivity index (χ2v) is 4.77. The molecule has 0 radical (unpaired) electrons. The Labute approximate surface area is 94.8 Å². The van der Waals surface area contributed by atoms with E-state index in [-0.39, 0.29) is 0 Å². The molecule has 0 nitrogen and oxygen atoms in total. The molecule has 1 aliphatic rings. The molecule has 0 aromatic carbocycles. The van der Waals surface area contributed by atoms with Crippen LogP contribution in [0.5, 0.6) is 0 Å². The summed E-state index contributed by atoms with van der Waals surface area (Å²) in [5, 5.41) is 0. The molecule has 0 N–H and O–H groups in total. The lowest BCUT2D eigenvalue weighted by molar-refractivity contribution is 0.183. The van der Waals surface area contributed by atoms with Gasteiger partial charge >= 0.3 is 0 Å². The highest BCUT2D eigenvalue weighted by Gasteiger charge is 2.27. The van der Waals surface area contributed by atoms with Gasteiger partial charge in [-0.25, -0.2) is 0 Å². The van der Waals surface area contributed by atoms with Crippen molar-refractivity contribution in [3.63, 3.8) is 0 Å². The van der Waals surface area contributed by atoms with Crippen molar-refractivity contribution in [1.29, 1.82) is 0 Å². The third-order valence-electron chi connectivity index (χ3n) is 3.69. The minimum absolute atomic E-state index is 0.833. The van der Waals surface area contributed by atoms with E-state index in [9.17, 15) is 0 Å². The van der Waals surface area contributed by atoms with Gasteiger partial charge in [0.1, 0.15) is 0 Å². The van der Waals surface area contributed by atoms with Crippen LogP contribution in [-0.2, 0) is 0 Å². The van der Waals surface area contributed by atoms with E-state index in [1.807, 2.05) is 0 Å². The first-order chi connectivity index (χ1) is 7.31. The van der Waals surface area contributed by atoms with Crippen molar-refractivity contribution < 1.29 is 0 Å². The average Bonchev–Trinajstić information content (AvgIpc) is 2.23. The number of rotatable bonds is 6. The van der Waals surface area contributed by atoms with Crippen LogP contribution in [-0.4, -0.2) is 0 Å². The zero-order valence-corrected chi connectivity index (χ0v) is 9.83. The van der Waals surface area contributed by atoms with E-state index in [1.54, 1.807) is 0 Å². The molecule has 1 saturated carbocycles. The standard InChI is InChI=1S/C15H24/c1-4-7-13-10-11-14(8-5-2)15(12-13)9-6-3/h4-6,13-15H,1-3,7-12H2. The van der Waals surface area contributed by atoms with Crippen molar-refractivity contribution >= 4 is 0 Å². The van der Waals surface area contributed by atoms with Gasteiger partial charge in [0.15, 0.2) is 0 Å². The lowest BCUT2D eigenvalue weighted by Crippen LogP contribution is -2.24. The van der Waals surface area contributed by atoms with Crippen molar-refractivity contribution in [2.75, 3.05) is 0 Å². The Hall–Kier alpha value is -0.780. The summed E-state index contributed by atoms with van der Waals surface area (Å²) in [5.74, 6) is 2.55. The first-order valence-corrected chi connectivity index (χ1v) is 6.14.